The van der Waals surface area contributed by atoms with Crippen LogP contribution in [0.4, 0.5) is 4.39 Å². The molecule has 1 aromatic rings. The maximum atomic E-state index is 12.9. The first-order chi connectivity index (χ1) is 9.72. The van der Waals surface area contributed by atoms with E-state index in [-0.39, 0.29) is 11.9 Å². The van der Waals surface area contributed by atoms with E-state index >= 15 is 0 Å². The van der Waals surface area contributed by atoms with Crippen LogP contribution < -0.4 is 5.32 Å². The van der Waals surface area contributed by atoms with Crippen molar-refractivity contribution in [1.82, 2.24) is 15.2 Å². The molecule has 1 fully saturated rings. The first-order valence-corrected chi connectivity index (χ1v) is 8.40. The van der Waals surface area contributed by atoms with E-state index in [1.807, 2.05) is 7.05 Å². The highest BCUT2D eigenvalue weighted by Gasteiger charge is 2.20. The van der Waals surface area contributed by atoms with E-state index < -0.39 is 0 Å². The van der Waals surface area contributed by atoms with Gasteiger partial charge in [-0.1, -0.05) is 6.92 Å². The third kappa shape index (κ3) is 4.43. The summed E-state index contributed by atoms with van der Waals surface area (Å²) in [5, 5.41) is 4.06. The number of thioether (sulfide) groups is 1. The Morgan fingerprint density at radius 1 is 1.55 bits per heavy atom. The topological polar surface area (TPSA) is 28.2 Å². The van der Waals surface area contributed by atoms with E-state index in [2.05, 4.69) is 33.9 Å². The van der Waals surface area contributed by atoms with Crippen LogP contribution >= 0.6 is 11.8 Å². The summed E-state index contributed by atoms with van der Waals surface area (Å²) in [6, 6.07) is 3.46. The average Bonchev–Trinajstić information content (AvgIpc) is 2.50. The zero-order chi connectivity index (χ0) is 14.4. The fraction of sp³-hybridized carbons (Fsp3) is 0.667. The Labute approximate surface area is 125 Å². The van der Waals surface area contributed by atoms with Crippen LogP contribution in [-0.4, -0.2) is 47.6 Å². The standard InChI is InChI=1S/C15H24FN3S/c1-3-13-11-19(8-9-20-13)7-6-14(17-2)15-5-4-12(16)10-18-15/h4-5,10,13-14,17H,3,6-9,11H2,1-2H3. The van der Waals surface area contributed by atoms with Crippen molar-refractivity contribution in [2.75, 3.05) is 32.4 Å². The number of hydrogen-bond donors (Lipinski definition) is 1. The molecule has 1 N–H and O–H groups in total. The Kier molecular flexibility index (Phi) is 6.26. The lowest BCUT2D eigenvalue weighted by atomic mass is 10.1. The molecular formula is C15H24FN3S. The number of nitrogens with zero attached hydrogens (tertiary/aromatic N) is 2. The molecule has 0 aromatic carbocycles. The Morgan fingerprint density at radius 3 is 3.05 bits per heavy atom. The fourth-order valence-electron chi connectivity index (χ4n) is 2.58. The molecule has 0 amide bonds. The summed E-state index contributed by atoms with van der Waals surface area (Å²) < 4.78 is 12.9. The highest BCUT2D eigenvalue weighted by molar-refractivity contribution is 8.00. The minimum absolute atomic E-state index is 0.199. The minimum atomic E-state index is -0.276. The number of pyridine rings is 1. The van der Waals surface area contributed by atoms with E-state index in [4.69, 9.17) is 0 Å². The van der Waals surface area contributed by atoms with Gasteiger partial charge in [0.05, 0.1) is 17.9 Å². The number of aromatic nitrogens is 1. The molecule has 2 atom stereocenters. The van der Waals surface area contributed by atoms with Crippen molar-refractivity contribution in [2.45, 2.75) is 31.1 Å². The zero-order valence-electron chi connectivity index (χ0n) is 12.3. The van der Waals surface area contributed by atoms with Crippen molar-refractivity contribution in [2.24, 2.45) is 0 Å². The van der Waals surface area contributed by atoms with E-state index in [1.165, 1.54) is 37.5 Å². The van der Waals surface area contributed by atoms with Gasteiger partial charge in [-0.25, -0.2) is 4.39 Å². The number of halogens is 1. The molecule has 0 spiro atoms. The van der Waals surface area contributed by atoms with Gasteiger partial charge in [-0.05, 0) is 32.0 Å². The molecule has 3 nitrogen and oxygen atoms in total. The Morgan fingerprint density at radius 2 is 2.40 bits per heavy atom. The number of hydrogen-bond acceptors (Lipinski definition) is 4. The summed E-state index contributed by atoms with van der Waals surface area (Å²) in [6.07, 6.45) is 3.55. The fourth-order valence-corrected chi connectivity index (χ4v) is 3.82. The second kappa shape index (κ2) is 7.96. The molecule has 1 saturated heterocycles. The summed E-state index contributed by atoms with van der Waals surface area (Å²) in [6.45, 7) is 5.70. The second-order valence-electron chi connectivity index (χ2n) is 5.23. The number of nitrogens with one attached hydrogen (secondary N) is 1. The van der Waals surface area contributed by atoms with Gasteiger partial charge in [0.25, 0.3) is 0 Å². The molecule has 0 saturated carbocycles. The molecule has 0 aliphatic carbocycles. The van der Waals surface area contributed by atoms with Gasteiger partial charge >= 0.3 is 0 Å². The lowest BCUT2D eigenvalue weighted by molar-refractivity contribution is 0.264. The summed E-state index contributed by atoms with van der Waals surface area (Å²) in [7, 11) is 1.94. The third-order valence-corrected chi connectivity index (χ3v) is 5.24. The van der Waals surface area contributed by atoms with Gasteiger partial charge in [-0.2, -0.15) is 11.8 Å². The lowest BCUT2D eigenvalue weighted by Gasteiger charge is -2.32. The summed E-state index contributed by atoms with van der Waals surface area (Å²) in [4.78, 5) is 6.72. The monoisotopic (exact) mass is 297 g/mol. The van der Waals surface area contributed by atoms with E-state index in [1.54, 1.807) is 6.07 Å². The summed E-state index contributed by atoms with van der Waals surface area (Å²) >= 11 is 2.09. The maximum absolute atomic E-state index is 12.9. The normalized spacial score (nSPS) is 21.9. The molecule has 0 bridgehead atoms. The summed E-state index contributed by atoms with van der Waals surface area (Å²) in [5.74, 6) is 0.958. The quantitative estimate of drug-likeness (QED) is 0.874. The smallest absolute Gasteiger partial charge is 0.141 e. The van der Waals surface area contributed by atoms with Crippen LogP contribution in [0.25, 0.3) is 0 Å². The van der Waals surface area contributed by atoms with E-state index in [9.17, 15) is 4.39 Å². The Bertz CT molecular complexity index is 399. The molecular weight excluding hydrogens is 273 g/mol. The van der Waals surface area contributed by atoms with Gasteiger partial charge in [0.2, 0.25) is 0 Å². The van der Waals surface area contributed by atoms with Crippen LogP contribution in [0.1, 0.15) is 31.5 Å². The molecule has 2 heterocycles. The van der Waals surface area contributed by atoms with Crippen molar-refractivity contribution in [3.8, 4) is 0 Å². The minimum Gasteiger partial charge on any atom is -0.312 e. The first-order valence-electron chi connectivity index (χ1n) is 7.35. The second-order valence-corrected chi connectivity index (χ2v) is 6.64. The molecule has 1 aliphatic heterocycles. The van der Waals surface area contributed by atoms with Crippen molar-refractivity contribution < 1.29 is 4.39 Å². The molecule has 5 heteroatoms. The van der Waals surface area contributed by atoms with Crippen molar-refractivity contribution in [1.29, 1.82) is 0 Å². The predicted molar refractivity (Wildman–Crippen MR) is 83.6 cm³/mol. The van der Waals surface area contributed by atoms with E-state index in [0.29, 0.717) is 0 Å². The van der Waals surface area contributed by atoms with Gasteiger partial charge in [0.15, 0.2) is 0 Å². The average molecular weight is 297 g/mol. The highest BCUT2D eigenvalue weighted by atomic mass is 32.2. The van der Waals surface area contributed by atoms with Crippen LogP contribution in [0.3, 0.4) is 0 Å². The van der Waals surface area contributed by atoms with Gasteiger partial charge in [0.1, 0.15) is 5.82 Å². The van der Waals surface area contributed by atoms with Crippen LogP contribution in [-0.2, 0) is 0 Å². The van der Waals surface area contributed by atoms with Gasteiger partial charge in [-0.3, -0.25) is 4.98 Å². The van der Waals surface area contributed by atoms with Crippen molar-refractivity contribution in [3.63, 3.8) is 0 Å². The zero-order valence-corrected chi connectivity index (χ0v) is 13.1. The van der Waals surface area contributed by atoms with Crippen LogP contribution in [0.2, 0.25) is 0 Å². The largest absolute Gasteiger partial charge is 0.312 e. The molecule has 2 rings (SSSR count). The number of rotatable bonds is 6. The SMILES string of the molecule is CCC1CN(CCC(NC)c2ccc(F)cn2)CCS1. The van der Waals surface area contributed by atoms with Gasteiger partial charge in [-0.15, -0.1) is 0 Å². The predicted octanol–water partition coefficient (Wildman–Crippen LogP) is 2.70. The van der Waals surface area contributed by atoms with Crippen LogP contribution in [0.5, 0.6) is 0 Å². The van der Waals surface area contributed by atoms with Crippen molar-refractivity contribution >= 4 is 11.8 Å². The highest BCUT2D eigenvalue weighted by Crippen LogP contribution is 2.22. The van der Waals surface area contributed by atoms with Gasteiger partial charge < -0.3 is 10.2 Å². The van der Waals surface area contributed by atoms with Gasteiger partial charge in [0, 0.05) is 30.6 Å². The molecule has 112 valence electrons. The van der Waals surface area contributed by atoms with E-state index in [0.717, 1.165) is 23.9 Å². The summed E-state index contributed by atoms with van der Waals surface area (Å²) in [5.41, 5.74) is 0.923. The molecule has 20 heavy (non-hydrogen) atoms. The Balaban J connectivity index is 1.85. The molecule has 2 unspecified atom stereocenters. The first kappa shape index (κ1) is 15.7. The molecule has 0 radical (unpaired) electrons. The Hall–Kier alpha value is -0.650. The molecule has 1 aliphatic rings. The molecule has 1 aromatic heterocycles. The van der Waals surface area contributed by atoms with Crippen molar-refractivity contribution in [3.05, 3.63) is 29.8 Å². The third-order valence-electron chi connectivity index (χ3n) is 3.87. The van der Waals surface area contributed by atoms with Crippen LogP contribution in [0, 0.1) is 5.82 Å². The lowest BCUT2D eigenvalue weighted by Crippen LogP contribution is -2.39. The van der Waals surface area contributed by atoms with Crippen LogP contribution in [0.15, 0.2) is 18.3 Å². The maximum Gasteiger partial charge on any atom is 0.141 e.